The first kappa shape index (κ1) is 22.3. The summed E-state index contributed by atoms with van der Waals surface area (Å²) in [6, 6.07) is 16.5. The zero-order chi connectivity index (χ0) is 22.3. The number of piperidine rings is 1. The molecule has 0 atom stereocenters. The second kappa shape index (κ2) is 10.6. The molecule has 0 unspecified atom stereocenters. The van der Waals surface area contributed by atoms with Gasteiger partial charge in [0.05, 0.1) is 24.3 Å². The Morgan fingerprint density at radius 2 is 1.84 bits per heavy atom. The van der Waals surface area contributed by atoms with Crippen molar-refractivity contribution in [2.45, 2.75) is 39.2 Å². The fraction of sp³-hybridized carbons (Fsp3) is 0.385. The van der Waals surface area contributed by atoms with Crippen LogP contribution in [0.1, 0.15) is 37.4 Å². The lowest BCUT2D eigenvalue weighted by Gasteiger charge is -2.29. The number of hydrogen-bond donors (Lipinski definition) is 0. The third kappa shape index (κ3) is 5.49. The van der Waals surface area contributed by atoms with Crippen molar-refractivity contribution in [3.05, 3.63) is 65.2 Å². The lowest BCUT2D eigenvalue weighted by atomic mass is 10.1. The lowest BCUT2D eigenvalue weighted by Crippen LogP contribution is -2.29. The van der Waals surface area contributed by atoms with Gasteiger partial charge in [-0.05, 0) is 56.0 Å². The molecule has 0 bridgehead atoms. The van der Waals surface area contributed by atoms with Crippen molar-refractivity contribution < 1.29 is 9.53 Å². The molecule has 1 fully saturated rings. The molecule has 2 aromatic carbocycles. The predicted octanol–water partition coefficient (Wildman–Crippen LogP) is 5.40. The van der Waals surface area contributed by atoms with E-state index in [-0.39, 0.29) is 5.91 Å². The second-order valence-corrected chi connectivity index (χ2v) is 9.07. The molecule has 1 amide bonds. The fourth-order valence-corrected chi connectivity index (χ4v) is 4.90. The number of carbonyl (C=O) groups excluding carboxylic acids is 1. The van der Waals surface area contributed by atoms with Crippen molar-refractivity contribution in [2.75, 3.05) is 31.6 Å². The fourth-order valence-electron chi connectivity index (χ4n) is 4.05. The van der Waals surface area contributed by atoms with Crippen LogP contribution in [0, 0.1) is 0 Å². The summed E-state index contributed by atoms with van der Waals surface area (Å²) in [6.45, 7) is 5.46. The van der Waals surface area contributed by atoms with Crippen LogP contribution in [-0.2, 0) is 17.8 Å². The number of amides is 1. The van der Waals surface area contributed by atoms with Gasteiger partial charge in [-0.3, -0.25) is 4.79 Å². The van der Waals surface area contributed by atoms with Crippen LogP contribution in [-0.4, -0.2) is 42.5 Å². The van der Waals surface area contributed by atoms with Gasteiger partial charge < -0.3 is 14.5 Å². The highest BCUT2D eigenvalue weighted by atomic mass is 32.1. The predicted molar refractivity (Wildman–Crippen MR) is 131 cm³/mol. The summed E-state index contributed by atoms with van der Waals surface area (Å²) < 4.78 is 5.72. The van der Waals surface area contributed by atoms with Gasteiger partial charge in [0.1, 0.15) is 10.8 Å². The molecule has 1 aliphatic heterocycles. The SMILES string of the molecule is CCOc1ccccc1-c1nc(CC(=O)N(C)Cc2ccc(N3CCCCC3)cc2)cs1. The Morgan fingerprint density at radius 3 is 2.59 bits per heavy atom. The molecule has 4 rings (SSSR count). The highest BCUT2D eigenvalue weighted by Gasteiger charge is 2.16. The molecule has 5 nitrogen and oxygen atoms in total. The third-order valence-corrected chi connectivity index (χ3v) is 6.73. The van der Waals surface area contributed by atoms with E-state index in [1.807, 2.05) is 43.6 Å². The Kier molecular flexibility index (Phi) is 7.43. The Labute approximate surface area is 194 Å². The topological polar surface area (TPSA) is 45.7 Å². The van der Waals surface area contributed by atoms with E-state index in [0.29, 0.717) is 19.6 Å². The van der Waals surface area contributed by atoms with Crippen LogP contribution < -0.4 is 9.64 Å². The number of benzene rings is 2. The van der Waals surface area contributed by atoms with Crippen molar-refractivity contribution in [3.8, 4) is 16.3 Å². The Hall–Kier alpha value is -2.86. The quantitative estimate of drug-likeness (QED) is 0.462. The van der Waals surface area contributed by atoms with E-state index in [9.17, 15) is 4.79 Å². The summed E-state index contributed by atoms with van der Waals surface area (Å²) in [5.41, 5.74) is 4.20. The zero-order valence-electron chi connectivity index (χ0n) is 18.9. The Morgan fingerprint density at radius 1 is 1.09 bits per heavy atom. The maximum absolute atomic E-state index is 12.8. The second-order valence-electron chi connectivity index (χ2n) is 8.21. The monoisotopic (exact) mass is 449 g/mol. The molecule has 1 aliphatic rings. The van der Waals surface area contributed by atoms with Crippen LogP contribution in [0.2, 0.25) is 0 Å². The largest absolute Gasteiger partial charge is 0.493 e. The van der Waals surface area contributed by atoms with Gasteiger partial charge in [0.2, 0.25) is 5.91 Å². The van der Waals surface area contributed by atoms with Crippen molar-refractivity contribution in [3.63, 3.8) is 0 Å². The summed E-state index contributed by atoms with van der Waals surface area (Å²) in [6.07, 6.45) is 4.18. The van der Waals surface area contributed by atoms with Crippen LogP contribution >= 0.6 is 11.3 Å². The van der Waals surface area contributed by atoms with Gasteiger partial charge in [0, 0.05) is 37.7 Å². The summed E-state index contributed by atoms with van der Waals surface area (Å²) in [7, 11) is 1.86. The number of para-hydroxylation sites is 1. The Balaban J connectivity index is 1.35. The van der Waals surface area contributed by atoms with Crippen molar-refractivity contribution in [1.29, 1.82) is 0 Å². The van der Waals surface area contributed by atoms with E-state index >= 15 is 0 Å². The highest BCUT2D eigenvalue weighted by Crippen LogP contribution is 2.32. The molecule has 0 saturated carbocycles. The normalized spacial score (nSPS) is 13.8. The first-order chi connectivity index (χ1) is 15.6. The van der Waals surface area contributed by atoms with Crippen LogP contribution in [0.3, 0.4) is 0 Å². The van der Waals surface area contributed by atoms with Gasteiger partial charge >= 0.3 is 0 Å². The Bertz CT molecular complexity index is 1030. The molecule has 32 heavy (non-hydrogen) atoms. The number of aromatic nitrogens is 1. The molecule has 168 valence electrons. The summed E-state index contributed by atoms with van der Waals surface area (Å²) in [5.74, 6) is 0.896. The number of nitrogens with zero attached hydrogens (tertiary/aromatic N) is 3. The van der Waals surface area contributed by atoms with Crippen LogP contribution in [0.4, 0.5) is 5.69 Å². The van der Waals surface area contributed by atoms with Crippen molar-refractivity contribution in [2.24, 2.45) is 0 Å². The van der Waals surface area contributed by atoms with Crippen LogP contribution in [0.5, 0.6) is 5.75 Å². The van der Waals surface area contributed by atoms with Gasteiger partial charge in [0.15, 0.2) is 0 Å². The summed E-state index contributed by atoms with van der Waals surface area (Å²) >= 11 is 1.55. The van der Waals surface area contributed by atoms with E-state index in [0.717, 1.165) is 40.7 Å². The minimum atomic E-state index is 0.0695. The molecule has 6 heteroatoms. The van der Waals surface area contributed by atoms with E-state index < -0.39 is 0 Å². The number of hydrogen-bond acceptors (Lipinski definition) is 5. The molecular formula is C26H31N3O2S. The lowest BCUT2D eigenvalue weighted by molar-refractivity contribution is -0.129. The van der Waals surface area contributed by atoms with Gasteiger partial charge in [-0.2, -0.15) is 0 Å². The molecule has 1 saturated heterocycles. The van der Waals surface area contributed by atoms with Crippen molar-refractivity contribution >= 4 is 22.9 Å². The third-order valence-electron chi connectivity index (χ3n) is 5.80. The highest BCUT2D eigenvalue weighted by molar-refractivity contribution is 7.13. The maximum Gasteiger partial charge on any atom is 0.228 e. The first-order valence-corrected chi connectivity index (χ1v) is 12.3. The van der Waals surface area contributed by atoms with Gasteiger partial charge in [-0.25, -0.2) is 4.98 Å². The van der Waals surface area contributed by atoms with Gasteiger partial charge in [-0.15, -0.1) is 11.3 Å². The van der Waals surface area contributed by atoms with E-state index in [2.05, 4.69) is 29.2 Å². The average Bonchev–Trinajstić information content (AvgIpc) is 3.29. The molecule has 0 N–H and O–H groups in total. The maximum atomic E-state index is 12.8. The van der Waals surface area contributed by atoms with E-state index in [1.165, 1.54) is 24.9 Å². The molecular weight excluding hydrogens is 418 g/mol. The van der Waals surface area contributed by atoms with Crippen LogP contribution in [0.25, 0.3) is 10.6 Å². The number of anilines is 1. The van der Waals surface area contributed by atoms with Gasteiger partial charge in [-0.1, -0.05) is 24.3 Å². The molecule has 0 radical (unpaired) electrons. The number of ether oxygens (including phenoxy) is 1. The number of rotatable bonds is 8. The minimum absolute atomic E-state index is 0.0695. The number of thiazole rings is 1. The van der Waals surface area contributed by atoms with Gasteiger partial charge in [0.25, 0.3) is 0 Å². The smallest absolute Gasteiger partial charge is 0.228 e. The first-order valence-electron chi connectivity index (χ1n) is 11.4. The number of carbonyl (C=O) groups is 1. The molecule has 1 aromatic heterocycles. The van der Waals surface area contributed by atoms with E-state index in [4.69, 9.17) is 9.72 Å². The average molecular weight is 450 g/mol. The van der Waals surface area contributed by atoms with E-state index in [1.54, 1.807) is 16.2 Å². The van der Waals surface area contributed by atoms with Crippen molar-refractivity contribution in [1.82, 2.24) is 9.88 Å². The molecule has 3 aromatic rings. The summed E-state index contributed by atoms with van der Waals surface area (Å²) in [5, 5.41) is 2.85. The summed E-state index contributed by atoms with van der Waals surface area (Å²) in [4.78, 5) is 21.7. The molecule has 0 aliphatic carbocycles. The zero-order valence-corrected chi connectivity index (χ0v) is 19.7. The van der Waals surface area contributed by atoms with Crippen LogP contribution in [0.15, 0.2) is 53.9 Å². The minimum Gasteiger partial charge on any atom is -0.493 e. The number of likely N-dealkylation sites (N-methyl/N-ethyl adjacent to an activating group) is 1. The molecule has 2 heterocycles. The standard InChI is InChI=1S/C26H31N3O2S/c1-3-31-24-10-6-5-9-23(24)26-27-21(19-32-26)17-25(30)28(2)18-20-11-13-22(14-12-20)29-15-7-4-8-16-29/h5-6,9-14,19H,3-4,7-8,15-18H2,1-2H3. The molecule has 0 spiro atoms.